The molecule has 0 fully saturated rings. The topological polar surface area (TPSA) is 126 Å². The van der Waals surface area contributed by atoms with Gasteiger partial charge in [-0.2, -0.15) is 15.5 Å². The number of hydrogen-bond donors (Lipinski definition) is 2. The minimum absolute atomic E-state index is 0.106. The molecule has 13 heteroatoms. The van der Waals surface area contributed by atoms with Crippen molar-refractivity contribution in [3.05, 3.63) is 54.2 Å². The number of carbonyl (C=O) groups excluding carboxylic acids is 1. The number of nitrogens with one attached hydrogen (secondary N) is 2. The Morgan fingerprint density at radius 3 is 2.72 bits per heavy atom. The van der Waals surface area contributed by atoms with Gasteiger partial charge in [0.1, 0.15) is 18.8 Å². The number of hydrogen-bond acceptors (Lipinski definition) is 7. The molecular weight excluding hydrogens is 475 g/mol. The van der Waals surface area contributed by atoms with Gasteiger partial charge in [-0.1, -0.05) is 13.8 Å². The second kappa shape index (κ2) is 10.4. The van der Waals surface area contributed by atoms with Crippen LogP contribution in [0, 0.1) is 17.2 Å². The van der Waals surface area contributed by atoms with Crippen molar-refractivity contribution >= 4 is 23.1 Å². The van der Waals surface area contributed by atoms with Crippen molar-refractivity contribution in [1.82, 2.24) is 34.7 Å². The Kier molecular flexibility index (Phi) is 7.14. The van der Waals surface area contributed by atoms with E-state index in [1.54, 1.807) is 19.9 Å². The van der Waals surface area contributed by atoms with Crippen molar-refractivity contribution in [2.75, 3.05) is 11.9 Å². The van der Waals surface area contributed by atoms with Crippen molar-refractivity contribution < 1.29 is 18.0 Å². The van der Waals surface area contributed by atoms with Crippen LogP contribution in [0.3, 0.4) is 0 Å². The number of anilines is 2. The summed E-state index contributed by atoms with van der Waals surface area (Å²) in [4.78, 5) is 21.5. The van der Waals surface area contributed by atoms with Crippen molar-refractivity contribution in [3.8, 4) is 17.3 Å². The minimum atomic E-state index is -2.58. The van der Waals surface area contributed by atoms with Gasteiger partial charge in [0, 0.05) is 31.2 Å². The van der Waals surface area contributed by atoms with Gasteiger partial charge >= 0.3 is 0 Å². The second-order valence-corrected chi connectivity index (χ2v) is 8.31. The second-order valence-electron chi connectivity index (χ2n) is 8.31. The average Bonchev–Trinajstić information content (AvgIpc) is 3.47. The molecule has 36 heavy (non-hydrogen) atoms. The number of nitriles is 1. The van der Waals surface area contributed by atoms with Crippen LogP contribution in [0.25, 0.3) is 16.9 Å². The predicted molar refractivity (Wildman–Crippen MR) is 125 cm³/mol. The fourth-order valence-corrected chi connectivity index (χ4v) is 3.33. The van der Waals surface area contributed by atoms with Crippen molar-refractivity contribution in [3.63, 3.8) is 0 Å². The van der Waals surface area contributed by atoms with Crippen LogP contribution in [0.4, 0.5) is 24.7 Å². The summed E-state index contributed by atoms with van der Waals surface area (Å²) in [6, 6.07) is 5.04. The molecule has 1 atom stereocenters. The number of halogens is 3. The lowest BCUT2D eigenvalue weighted by molar-refractivity contribution is 0.0935. The number of alkyl halides is 3. The van der Waals surface area contributed by atoms with Gasteiger partial charge in [0.15, 0.2) is 11.5 Å². The predicted octanol–water partition coefficient (Wildman–Crippen LogP) is 3.59. The lowest BCUT2D eigenvalue weighted by atomic mass is 10.1. The molecule has 10 nitrogen and oxygen atoms in total. The Labute approximate surface area is 203 Å². The van der Waals surface area contributed by atoms with E-state index < -0.39 is 25.0 Å². The monoisotopic (exact) mass is 497 g/mol. The highest BCUT2D eigenvalue weighted by molar-refractivity contribution is 6.00. The lowest BCUT2D eigenvalue weighted by Crippen LogP contribution is -2.32. The Balaban J connectivity index is 1.69. The quantitative estimate of drug-likeness (QED) is 0.362. The molecule has 2 N–H and O–H groups in total. The lowest BCUT2D eigenvalue weighted by Gasteiger charge is -2.15. The SMILES string of the molecule is CC(C)C(F)CNC(=O)c1cnc(-c2cnn3cc(C#N)cnc23)cc1Nc1ccn(CC(F)F)n1. The van der Waals surface area contributed by atoms with Crippen LogP contribution in [0.15, 0.2) is 43.1 Å². The van der Waals surface area contributed by atoms with E-state index in [1.807, 2.05) is 6.07 Å². The van der Waals surface area contributed by atoms with Crippen molar-refractivity contribution in [2.45, 2.75) is 33.0 Å². The molecule has 4 aromatic rings. The highest BCUT2D eigenvalue weighted by Gasteiger charge is 2.19. The average molecular weight is 497 g/mol. The van der Waals surface area contributed by atoms with Crippen LogP contribution >= 0.6 is 0 Å². The van der Waals surface area contributed by atoms with Crippen LogP contribution in [-0.2, 0) is 6.54 Å². The summed E-state index contributed by atoms with van der Waals surface area (Å²) in [5.41, 5.74) is 2.07. The van der Waals surface area contributed by atoms with Crippen LogP contribution in [0.2, 0.25) is 0 Å². The first-order valence-corrected chi connectivity index (χ1v) is 11.0. The maximum Gasteiger partial charge on any atom is 0.257 e. The molecule has 1 amide bonds. The summed E-state index contributed by atoms with van der Waals surface area (Å²) in [5.74, 6) is -0.612. The van der Waals surface area contributed by atoms with Gasteiger partial charge in [-0.25, -0.2) is 22.7 Å². The number of rotatable bonds is 9. The van der Waals surface area contributed by atoms with Crippen LogP contribution in [0.1, 0.15) is 29.8 Å². The number of fused-ring (bicyclic) bond motifs is 1. The van der Waals surface area contributed by atoms with Gasteiger partial charge in [-0.05, 0) is 12.0 Å². The molecule has 0 spiro atoms. The summed E-state index contributed by atoms with van der Waals surface area (Å²) >= 11 is 0. The molecule has 0 saturated carbocycles. The first-order chi connectivity index (χ1) is 17.2. The zero-order valence-electron chi connectivity index (χ0n) is 19.4. The molecular formula is C23H22F3N9O. The molecule has 4 heterocycles. The minimum Gasteiger partial charge on any atom is -0.349 e. The highest BCUT2D eigenvalue weighted by atomic mass is 19.3. The molecule has 0 radical (unpaired) electrons. The van der Waals surface area contributed by atoms with Gasteiger partial charge in [-0.15, -0.1) is 0 Å². The normalized spacial score (nSPS) is 12.2. The molecule has 0 aromatic carbocycles. The van der Waals surface area contributed by atoms with E-state index in [1.165, 1.54) is 41.6 Å². The van der Waals surface area contributed by atoms with E-state index in [0.29, 0.717) is 22.5 Å². The molecule has 0 aliphatic heterocycles. The Hall–Kier alpha value is -4.47. The first-order valence-electron chi connectivity index (χ1n) is 11.0. The van der Waals surface area contributed by atoms with Gasteiger partial charge in [-0.3, -0.25) is 14.5 Å². The Morgan fingerprint density at radius 1 is 1.19 bits per heavy atom. The standard InChI is InChI=1S/C23H22F3N9O/c1-13(2)17(24)10-30-23(36)16-8-28-18(15-9-31-35-11-14(6-27)7-29-22(15)35)5-19(16)32-21-3-4-34(33-21)12-20(25)26/h3-5,7-9,11,13,17,20H,10,12H2,1-2H3,(H,30,36)(H,28,32,33). The molecule has 4 aromatic heterocycles. The number of pyridine rings is 1. The van der Waals surface area contributed by atoms with E-state index in [2.05, 4.69) is 30.8 Å². The third-order valence-electron chi connectivity index (χ3n) is 5.32. The maximum absolute atomic E-state index is 14.1. The number of aromatic nitrogens is 6. The smallest absolute Gasteiger partial charge is 0.257 e. The molecule has 0 aliphatic carbocycles. The Bertz CT molecular complexity index is 1420. The van der Waals surface area contributed by atoms with Gasteiger partial charge < -0.3 is 10.6 Å². The first kappa shape index (κ1) is 24.6. The van der Waals surface area contributed by atoms with Crippen LogP contribution < -0.4 is 10.6 Å². The zero-order valence-corrected chi connectivity index (χ0v) is 19.4. The van der Waals surface area contributed by atoms with Crippen molar-refractivity contribution in [2.24, 2.45) is 5.92 Å². The number of carbonyl (C=O) groups is 1. The van der Waals surface area contributed by atoms with E-state index >= 15 is 0 Å². The summed E-state index contributed by atoms with van der Waals surface area (Å²) < 4.78 is 42.0. The largest absolute Gasteiger partial charge is 0.349 e. The molecule has 0 saturated heterocycles. The maximum atomic E-state index is 14.1. The van der Waals surface area contributed by atoms with Gasteiger partial charge in [0.05, 0.1) is 40.5 Å². The fraction of sp³-hybridized carbons (Fsp3) is 0.304. The molecule has 0 aliphatic rings. The molecule has 1 unspecified atom stereocenters. The highest BCUT2D eigenvalue weighted by Crippen LogP contribution is 2.28. The molecule has 4 rings (SSSR count). The van der Waals surface area contributed by atoms with Crippen molar-refractivity contribution in [1.29, 1.82) is 5.26 Å². The van der Waals surface area contributed by atoms with Gasteiger partial charge in [0.25, 0.3) is 12.3 Å². The van der Waals surface area contributed by atoms with E-state index in [0.717, 1.165) is 4.68 Å². The third-order valence-corrected chi connectivity index (χ3v) is 5.32. The molecule has 0 bridgehead atoms. The van der Waals surface area contributed by atoms with E-state index in [4.69, 9.17) is 5.26 Å². The fourth-order valence-electron chi connectivity index (χ4n) is 3.33. The number of nitrogens with zero attached hydrogens (tertiary/aromatic N) is 7. The van der Waals surface area contributed by atoms with Gasteiger partial charge in [0.2, 0.25) is 0 Å². The van der Waals surface area contributed by atoms with E-state index in [-0.39, 0.29) is 29.5 Å². The molecule has 186 valence electrons. The van der Waals surface area contributed by atoms with E-state index in [9.17, 15) is 18.0 Å². The summed E-state index contributed by atoms with van der Waals surface area (Å²) in [5, 5.41) is 22.9. The van der Waals surface area contributed by atoms with Crippen LogP contribution in [0.5, 0.6) is 0 Å². The third kappa shape index (κ3) is 5.43. The Morgan fingerprint density at radius 2 is 2.00 bits per heavy atom. The summed E-state index contributed by atoms with van der Waals surface area (Å²) in [7, 11) is 0. The van der Waals surface area contributed by atoms with Crippen LogP contribution in [-0.4, -0.2) is 54.4 Å². The zero-order chi connectivity index (χ0) is 25.8. The number of amides is 1. The summed E-state index contributed by atoms with van der Waals surface area (Å²) in [6.07, 6.45) is 3.33. The summed E-state index contributed by atoms with van der Waals surface area (Å²) in [6.45, 7) is 2.65.